The molecule has 1 aromatic carbocycles. The van der Waals surface area contributed by atoms with E-state index in [4.69, 9.17) is 0 Å². The van der Waals surface area contributed by atoms with Gasteiger partial charge in [-0.05, 0) is 41.5 Å². The molecule has 106 valence electrons. The maximum atomic E-state index is 4.21. The first-order chi connectivity index (χ1) is 10.1. The van der Waals surface area contributed by atoms with Crippen molar-refractivity contribution in [3.63, 3.8) is 0 Å². The van der Waals surface area contributed by atoms with Gasteiger partial charge in [0.05, 0.1) is 10.9 Å². The number of aromatic nitrogens is 2. The predicted molar refractivity (Wildman–Crippen MR) is 87.2 cm³/mol. The van der Waals surface area contributed by atoms with Gasteiger partial charge >= 0.3 is 0 Å². The van der Waals surface area contributed by atoms with Gasteiger partial charge in [0.25, 0.3) is 0 Å². The van der Waals surface area contributed by atoms with Crippen molar-refractivity contribution in [2.75, 3.05) is 0 Å². The summed E-state index contributed by atoms with van der Waals surface area (Å²) in [5.74, 6) is 0.550. The average molecular weight is 277 g/mol. The minimum Gasteiger partial charge on any atom is -0.264 e. The third-order valence-electron chi connectivity index (χ3n) is 4.10. The Hall–Kier alpha value is -2.22. The molecule has 0 amide bonds. The molecule has 3 aromatic rings. The van der Waals surface area contributed by atoms with E-state index in [0.717, 1.165) is 0 Å². The molecule has 2 nitrogen and oxygen atoms in total. The summed E-state index contributed by atoms with van der Waals surface area (Å²) >= 11 is 0. The Morgan fingerprint density at radius 3 is 2.62 bits per heavy atom. The molecule has 2 aromatic heterocycles. The van der Waals surface area contributed by atoms with Gasteiger partial charge in [-0.15, -0.1) is 0 Å². The highest BCUT2D eigenvalue weighted by Crippen LogP contribution is 2.29. The molecule has 0 aliphatic carbocycles. The zero-order chi connectivity index (χ0) is 15.0. The van der Waals surface area contributed by atoms with E-state index >= 15 is 0 Å². The van der Waals surface area contributed by atoms with Gasteiger partial charge in [0.2, 0.25) is 5.69 Å². The molecular weight excluding hydrogens is 256 g/mol. The summed E-state index contributed by atoms with van der Waals surface area (Å²) in [6.45, 7) is 6.58. The molecular formula is C19H21N2+. The van der Waals surface area contributed by atoms with Crippen LogP contribution in [0.5, 0.6) is 0 Å². The number of aryl methyl sites for hydroxylation is 2. The van der Waals surface area contributed by atoms with Crippen LogP contribution >= 0.6 is 0 Å². The van der Waals surface area contributed by atoms with Crippen LogP contribution in [0.25, 0.3) is 22.0 Å². The van der Waals surface area contributed by atoms with Gasteiger partial charge < -0.3 is 0 Å². The lowest BCUT2D eigenvalue weighted by Crippen LogP contribution is -2.30. The summed E-state index contributed by atoms with van der Waals surface area (Å²) in [7, 11) is 2.10. The van der Waals surface area contributed by atoms with Crippen LogP contribution in [0, 0.1) is 6.92 Å². The largest absolute Gasteiger partial charge is 0.264 e. The van der Waals surface area contributed by atoms with E-state index in [1.165, 1.54) is 33.2 Å². The van der Waals surface area contributed by atoms with E-state index in [1.54, 1.807) is 0 Å². The maximum absolute atomic E-state index is 4.21. The van der Waals surface area contributed by atoms with Crippen LogP contribution in [0.3, 0.4) is 0 Å². The van der Waals surface area contributed by atoms with Crippen LogP contribution in [-0.2, 0) is 7.05 Å². The number of benzene rings is 1. The third kappa shape index (κ3) is 2.42. The summed E-state index contributed by atoms with van der Waals surface area (Å²) < 4.78 is 2.19. The van der Waals surface area contributed by atoms with Crippen molar-refractivity contribution < 1.29 is 4.57 Å². The van der Waals surface area contributed by atoms with Crippen LogP contribution in [0.15, 0.2) is 48.9 Å². The minimum atomic E-state index is 0.550. The quantitative estimate of drug-likeness (QED) is 0.643. The molecule has 0 aliphatic heterocycles. The van der Waals surface area contributed by atoms with Gasteiger partial charge in [-0.25, -0.2) is 4.57 Å². The number of pyridine rings is 2. The van der Waals surface area contributed by atoms with Crippen LogP contribution in [0.4, 0.5) is 0 Å². The number of nitrogens with zero attached hydrogens (tertiary/aromatic N) is 2. The molecule has 0 saturated carbocycles. The lowest BCUT2D eigenvalue weighted by Gasteiger charge is -2.10. The van der Waals surface area contributed by atoms with Crippen molar-refractivity contribution in [2.24, 2.45) is 7.05 Å². The van der Waals surface area contributed by atoms with Crippen LogP contribution in [-0.4, -0.2) is 4.98 Å². The lowest BCUT2D eigenvalue weighted by atomic mass is 9.96. The molecule has 0 aliphatic rings. The second kappa shape index (κ2) is 5.28. The van der Waals surface area contributed by atoms with E-state index in [9.17, 15) is 0 Å². The molecule has 0 saturated heterocycles. The average Bonchev–Trinajstić information content (AvgIpc) is 2.48. The highest BCUT2D eigenvalue weighted by Gasteiger charge is 2.17. The Morgan fingerprint density at radius 2 is 1.90 bits per heavy atom. The fraction of sp³-hybridized carbons (Fsp3) is 0.263. The van der Waals surface area contributed by atoms with Crippen molar-refractivity contribution in [1.82, 2.24) is 4.98 Å². The van der Waals surface area contributed by atoms with Gasteiger partial charge in [0.1, 0.15) is 7.05 Å². The zero-order valence-corrected chi connectivity index (χ0v) is 13.1. The Labute approximate surface area is 126 Å². The first-order valence-corrected chi connectivity index (χ1v) is 7.41. The summed E-state index contributed by atoms with van der Waals surface area (Å²) in [6, 6.07) is 11.1. The normalized spacial score (nSPS) is 11.3. The zero-order valence-electron chi connectivity index (χ0n) is 13.1. The van der Waals surface area contributed by atoms with E-state index < -0.39 is 0 Å². The Morgan fingerprint density at radius 1 is 1.10 bits per heavy atom. The van der Waals surface area contributed by atoms with E-state index in [1.807, 2.05) is 12.4 Å². The first-order valence-electron chi connectivity index (χ1n) is 7.41. The molecule has 0 bridgehead atoms. The van der Waals surface area contributed by atoms with Crippen molar-refractivity contribution in [3.8, 4) is 11.3 Å². The fourth-order valence-corrected chi connectivity index (χ4v) is 2.82. The first kappa shape index (κ1) is 13.7. The number of fused-ring (bicyclic) bond motifs is 1. The second-order valence-corrected chi connectivity index (χ2v) is 5.97. The number of hydrogen-bond donors (Lipinski definition) is 0. The van der Waals surface area contributed by atoms with Gasteiger partial charge in [-0.1, -0.05) is 26.0 Å². The van der Waals surface area contributed by atoms with Gasteiger partial charge in [0.15, 0.2) is 6.20 Å². The molecule has 0 N–H and O–H groups in total. The van der Waals surface area contributed by atoms with Crippen molar-refractivity contribution in [1.29, 1.82) is 0 Å². The van der Waals surface area contributed by atoms with Gasteiger partial charge in [-0.3, -0.25) is 4.98 Å². The molecule has 2 heteroatoms. The smallest absolute Gasteiger partial charge is 0.220 e. The van der Waals surface area contributed by atoms with Gasteiger partial charge in [0, 0.05) is 18.5 Å². The molecule has 0 spiro atoms. The standard InChI is InChI=1S/C19H21N2/c1-13(2)15-5-6-18-16(11-15)8-10-21(4)19(18)17-7-9-20-12-14(17)3/h5-13H,1-4H3/q+1. The molecule has 0 radical (unpaired) electrons. The highest BCUT2D eigenvalue weighted by molar-refractivity contribution is 5.93. The molecule has 3 rings (SSSR count). The Balaban J connectivity index is 2.32. The summed E-state index contributed by atoms with van der Waals surface area (Å²) in [5, 5.41) is 2.59. The third-order valence-corrected chi connectivity index (χ3v) is 4.10. The van der Waals surface area contributed by atoms with Crippen LogP contribution in [0.1, 0.15) is 30.9 Å². The highest BCUT2D eigenvalue weighted by atomic mass is 14.9. The molecule has 0 fully saturated rings. The Bertz CT molecular complexity index is 804. The second-order valence-electron chi connectivity index (χ2n) is 5.97. The molecule has 0 unspecified atom stereocenters. The van der Waals surface area contributed by atoms with Crippen molar-refractivity contribution in [3.05, 3.63) is 60.0 Å². The van der Waals surface area contributed by atoms with E-state index in [2.05, 4.69) is 73.9 Å². The van der Waals surface area contributed by atoms with E-state index in [0.29, 0.717) is 5.92 Å². The number of rotatable bonds is 2. The van der Waals surface area contributed by atoms with Crippen LogP contribution < -0.4 is 4.57 Å². The summed E-state index contributed by atoms with van der Waals surface area (Å²) in [4.78, 5) is 4.21. The lowest BCUT2D eigenvalue weighted by molar-refractivity contribution is -0.659. The summed E-state index contributed by atoms with van der Waals surface area (Å²) in [5.41, 5.74) is 5.08. The minimum absolute atomic E-state index is 0.550. The van der Waals surface area contributed by atoms with Crippen LogP contribution in [0.2, 0.25) is 0 Å². The molecule has 2 heterocycles. The predicted octanol–water partition coefficient (Wildman–Crippen LogP) is 4.16. The topological polar surface area (TPSA) is 16.8 Å². The van der Waals surface area contributed by atoms with E-state index in [-0.39, 0.29) is 0 Å². The fourth-order valence-electron chi connectivity index (χ4n) is 2.82. The molecule has 21 heavy (non-hydrogen) atoms. The Kier molecular flexibility index (Phi) is 3.46. The van der Waals surface area contributed by atoms with Crippen molar-refractivity contribution >= 4 is 10.8 Å². The monoisotopic (exact) mass is 277 g/mol. The van der Waals surface area contributed by atoms with Gasteiger partial charge in [-0.2, -0.15) is 0 Å². The molecule has 0 atom stereocenters. The van der Waals surface area contributed by atoms with Crippen molar-refractivity contribution in [2.45, 2.75) is 26.7 Å². The number of hydrogen-bond acceptors (Lipinski definition) is 1. The maximum Gasteiger partial charge on any atom is 0.220 e. The SMILES string of the molecule is Cc1cnccc1-c1c2ccc(C(C)C)cc2cc[n+]1C. The summed E-state index contributed by atoms with van der Waals surface area (Å²) in [6.07, 6.45) is 5.93.